The van der Waals surface area contributed by atoms with E-state index in [1.807, 2.05) is 12.1 Å². The third-order valence-corrected chi connectivity index (χ3v) is 6.11. The van der Waals surface area contributed by atoms with E-state index in [9.17, 15) is 4.79 Å². The van der Waals surface area contributed by atoms with Gasteiger partial charge in [-0.05, 0) is 43.5 Å². The van der Waals surface area contributed by atoms with Crippen molar-refractivity contribution in [2.24, 2.45) is 0 Å². The van der Waals surface area contributed by atoms with Gasteiger partial charge in [0.05, 0.1) is 5.75 Å². The normalized spacial score (nSPS) is 14.8. The number of fused-ring (bicyclic) bond motifs is 1. The average Bonchev–Trinajstić information content (AvgIpc) is 3.23. The van der Waals surface area contributed by atoms with E-state index in [0.29, 0.717) is 5.75 Å². The van der Waals surface area contributed by atoms with Crippen LogP contribution >= 0.6 is 23.1 Å². The maximum atomic E-state index is 12.1. The van der Waals surface area contributed by atoms with Crippen LogP contribution in [0.25, 0.3) is 4.96 Å². The second-order valence-corrected chi connectivity index (χ2v) is 8.04. The molecule has 1 N–H and O–H groups in total. The highest BCUT2D eigenvalue weighted by atomic mass is 32.2. The van der Waals surface area contributed by atoms with E-state index in [4.69, 9.17) is 0 Å². The van der Waals surface area contributed by atoms with Gasteiger partial charge in [0.15, 0.2) is 4.34 Å². The number of piperidine rings is 1. The van der Waals surface area contributed by atoms with Crippen LogP contribution in [0.4, 0.5) is 11.4 Å². The van der Waals surface area contributed by atoms with Crippen LogP contribution < -0.4 is 10.2 Å². The van der Waals surface area contributed by atoms with E-state index in [-0.39, 0.29) is 5.91 Å². The summed E-state index contributed by atoms with van der Waals surface area (Å²) in [6.45, 7) is 2.24. The lowest BCUT2D eigenvalue weighted by atomic mass is 10.1. The molecule has 7 nitrogen and oxygen atoms in total. The Morgan fingerprint density at radius 1 is 1.20 bits per heavy atom. The van der Waals surface area contributed by atoms with Crippen molar-refractivity contribution in [3.05, 3.63) is 30.6 Å². The zero-order valence-electron chi connectivity index (χ0n) is 13.6. The smallest absolute Gasteiger partial charge is 0.235 e. The number of nitrogens with one attached hydrogen (secondary N) is 1. The van der Waals surface area contributed by atoms with Gasteiger partial charge in [0, 0.05) is 24.5 Å². The molecule has 0 radical (unpaired) electrons. The number of hydrogen-bond acceptors (Lipinski definition) is 7. The molecule has 1 saturated heterocycles. The molecule has 0 saturated carbocycles. The van der Waals surface area contributed by atoms with Crippen LogP contribution in [0.3, 0.4) is 0 Å². The lowest BCUT2D eigenvalue weighted by Gasteiger charge is -2.28. The molecule has 0 bridgehead atoms. The minimum atomic E-state index is -0.0401. The fourth-order valence-corrected chi connectivity index (χ4v) is 4.49. The lowest BCUT2D eigenvalue weighted by molar-refractivity contribution is -0.113. The van der Waals surface area contributed by atoms with E-state index in [2.05, 4.69) is 37.6 Å². The molecule has 1 aliphatic heterocycles. The van der Waals surface area contributed by atoms with Crippen LogP contribution in [0.1, 0.15) is 19.3 Å². The fraction of sp³-hybridized carbons (Fsp3) is 0.375. The zero-order valence-corrected chi connectivity index (χ0v) is 15.2. The van der Waals surface area contributed by atoms with E-state index >= 15 is 0 Å². The summed E-state index contributed by atoms with van der Waals surface area (Å²) in [5, 5.41) is 14.9. The lowest BCUT2D eigenvalue weighted by Crippen LogP contribution is -2.29. The number of benzene rings is 1. The van der Waals surface area contributed by atoms with E-state index < -0.39 is 0 Å². The molecule has 1 aromatic carbocycles. The number of rotatable bonds is 5. The molecular weight excluding hydrogens is 356 g/mol. The Hall–Kier alpha value is -2.13. The average molecular weight is 374 g/mol. The van der Waals surface area contributed by atoms with Gasteiger partial charge in [0.25, 0.3) is 0 Å². The number of thioether (sulfide) groups is 1. The molecule has 3 heterocycles. The standard InChI is InChI=1S/C16H18N6OS2/c23-14(10-24-16-20-22-11-17-19-15(22)25-16)18-12-4-6-13(7-5-12)21-8-2-1-3-9-21/h4-7,11H,1-3,8-10H2,(H,18,23). The van der Waals surface area contributed by atoms with Crippen LogP contribution in [-0.2, 0) is 4.79 Å². The minimum Gasteiger partial charge on any atom is -0.372 e. The summed E-state index contributed by atoms with van der Waals surface area (Å²) in [5.74, 6) is 0.277. The second-order valence-electron chi connectivity index (χ2n) is 5.86. The van der Waals surface area contributed by atoms with Gasteiger partial charge in [-0.15, -0.1) is 15.3 Å². The molecule has 0 unspecified atom stereocenters. The van der Waals surface area contributed by atoms with Crippen LogP contribution in [0.15, 0.2) is 34.9 Å². The monoisotopic (exact) mass is 374 g/mol. The SMILES string of the molecule is O=C(CSc1nn2cnnc2s1)Nc1ccc(N2CCCCC2)cc1. The van der Waals surface area contributed by atoms with Crippen molar-refractivity contribution in [3.8, 4) is 0 Å². The van der Waals surface area contributed by atoms with Gasteiger partial charge in [-0.3, -0.25) is 4.79 Å². The van der Waals surface area contributed by atoms with Gasteiger partial charge < -0.3 is 10.2 Å². The van der Waals surface area contributed by atoms with Gasteiger partial charge in [-0.25, -0.2) is 0 Å². The van der Waals surface area contributed by atoms with Crippen LogP contribution in [0, 0.1) is 0 Å². The van der Waals surface area contributed by atoms with E-state index in [1.165, 1.54) is 48.0 Å². The van der Waals surface area contributed by atoms with Crippen LogP contribution in [0.5, 0.6) is 0 Å². The Kier molecular flexibility index (Phi) is 4.84. The number of amides is 1. The van der Waals surface area contributed by atoms with Crippen molar-refractivity contribution in [3.63, 3.8) is 0 Å². The molecule has 4 rings (SSSR count). The van der Waals surface area contributed by atoms with Crippen molar-refractivity contribution in [1.29, 1.82) is 0 Å². The molecular formula is C16H18N6OS2. The van der Waals surface area contributed by atoms with Crippen LogP contribution in [-0.4, -0.2) is 44.6 Å². The molecule has 9 heteroatoms. The first-order chi connectivity index (χ1) is 12.3. The van der Waals surface area contributed by atoms with Crippen LogP contribution in [0.2, 0.25) is 0 Å². The van der Waals surface area contributed by atoms with Crippen molar-refractivity contribution in [1.82, 2.24) is 19.8 Å². The van der Waals surface area contributed by atoms with Crippen molar-refractivity contribution < 1.29 is 4.79 Å². The van der Waals surface area contributed by atoms with Crippen molar-refractivity contribution in [2.45, 2.75) is 23.6 Å². The van der Waals surface area contributed by atoms with Crippen molar-refractivity contribution >= 4 is 45.3 Å². The highest BCUT2D eigenvalue weighted by Crippen LogP contribution is 2.24. The zero-order chi connectivity index (χ0) is 17.1. The molecule has 1 fully saturated rings. The number of nitrogens with zero attached hydrogens (tertiary/aromatic N) is 5. The van der Waals surface area contributed by atoms with Gasteiger partial charge >= 0.3 is 0 Å². The first-order valence-corrected chi connectivity index (χ1v) is 10.0. The molecule has 0 spiro atoms. The number of aromatic nitrogens is 4. The summed E-state index contributed by atoms with van der Waals surface area (Å²) < 4.78 is 2.42. The van der Waals surface area contributed by atoms with Gasteiger partial charge in [0.2, 0.25) is 10.9 Å². The molecule has 1 amide bonds. The summed E-state index contributed by atoms with van der Waals surface area (Å²) >= 11 is 2.83. The van der Waals surface area contributed by atoms with Gasteiger partial charge in [-0.1, -0.05) is 23.1 Å². The summed E-state index contributed by atoms with van der Waals surface area (Å²) in [5.41, 5.74) is 2.05. The first kappa shape index (κ1) is 16.3. The number of carbonyl (C=O) groups is 1. The quantitative estimate of drug-likeness (QED) is 0.692. The number of anilines is 2. The molecule has 2 aromatic heterocycles. The molecule has 0 aliphatic carbocycles. The highest BCUT2D eigenvalue weighted by Gasteiger charge is 2.12. The third-order valence-electron chi connectivity index (χ3n) is 4.07. The number of carbonyl (C=O) groups excluding carboxylic acids is 1. The Balaban J connectivity index is 1.30. The topological polar surface area (TPSA) is 75.4 Å². The molecule has 0 atom stereocenters. The Labute approximate surface area is 153 Å². The summed E-state index contributed by atoms with van der Waals surface area (Å²) in [6, 6.07) is 8.10. The van der Waals surface area contributed by atoms with Gasteiger partial charge in [-0.2, -0.15) is 4.52 Å². The fourth-order valence-electron chi connectivity index (χ4n) is 2.83. The summed E-state index contributed by atoms with van der Waals surface area (Å²) in [7, 11) is 0. The minimum absolute atomic E-state index is 0.0401. The summed E-state index contributed by atoms with van der Waals surface area (Å²) in [6.07, 6.45) is 5.39. The van der Waals surface area contributed by atoms with E-state index in [1.54, 1.807) is 10.8 Å². The highest BCUT2D eigenvalue weighted by molar-refractivity contribution is 8.01. The third kappa shape index (κ3) is 3.93. The predicted octanol–water partition coefficient (Wildman–Crippen LogP) is 2.91. The molecule has 25 heavy (non-hydrogen) atoms. The second kappa shape index (κ2) is 7.40. The molecule has 3 aromatic rings. The maximum absolute atomic E-state index is 12.1. The maximum Gasteiger partial charge on any atom is 0.235 e. The first-order valence-electron chi connectivity index (χ1n) is 8.22. The molecule has 1 aliphatic rings. The largest absolute Gasteiger partial charge is 0.372 e. The summed E-state index contributed by atoms with van der Waals surface area (Å²) in [4.78, 5) is 15.3. The Bertz CT molecular complexity index is 825. The molecule has 130 valence electrons. The Morgan fingerprint density at radius 2 is 2.00 bits per heavy atom. The number of hydrogen-bond donors (Lipinski definition) is 1. The van der Waals surface area contributed by atoms with Crippen molar-refractivity contribution in [2.75, 3.05) is 29.1 Å². The Morgan fingerprint density at radius 3 is 2.76 bits per heavy atom. The van der Waals surface area contributed by atoms with E-state index in [0.717, 1.165) is 28.1 Å². The predicted molar refractivity (Wildman–Crippen MR) is 101 cm³/mol. The van der Waals surface area contributed by atoms with Gasteiger partial charge in [0.1, 0.15) is 6.33 Å².